The summed E-state index contributed by atoms with van der Waals surface area (Å²) in [6.45, 7) is 0. The lowest BCUT2D eigenvalue weighted by Crippen LogP contribution is -1.91. The van der Waals surface area contributed by atoms with Crippen LogP contribution in [-0.2, 0) is 6.42 Å². The van der Waals surface area contributed by atoms with Gasteiger partial charge in [0.05, 0.1) is 14.2 Å². The molecule has 25 heavy (non-hydrogen) atoms. The van der Waals surface area contributed by atoms with Crippen molar-refractivity contribution in [2.24, 2.45) is 0 Å². The minimum atomic E-state index is 0.878. The van der Waals surface area contributed by atoms with Crippen LogP contribution >= 0.6 is 0 Å². The van der Waals surface area contributed by atoms with Crippen LogP contribution in [0.1, 0.15) is 22.3 Å². The molecule has 0 fully saturated rings. The Labute approximate surface area is 148 Å². The first kappa shape index (κ1) is 15.5. The van der Waals surface area contributed by atoms with E-state index in [0.717, 1.165) is 17.9 Å². The summed E-state index contributed by atoms with van der Waals surface area (Å²) in [7, 11) is 3.41. The van der Waals surface area contributed by atoms with E-state index in [1.54, 1.807) is 14.2 Å². The Bertz CT molecular complexity index is 922. The molecule has 0 bridgehead atoms. The predicted octanol–water partition coefficient (Wildman–Crippen LogP) is 5.22. The molecule has 0 saturated carbocycles. The van der Waals surface area contributed by atoms with Gasteiger partial charge in [0, 0.05) is 0 Å². The van der Waals surface area contributed by atoms with Crippen LogP contribution in [-0.4, -0.2) is 14.2 Å². The Morgan fingerprint density at radius 3 is 2.04 bits per heavy atom. The quantitative estimate of drug-likeness (QED) is 0.654. The average Bonchev–Trinajstić information content (AvgIpc) is 3.07. The largest absolute Gasteiger partial charge is 0.497 e. The molecule has 1 aliphatic rings. The molecule has 124 valence electrons. The summed E-state index contributed by atoms with van der Waals surface area (Å²) in [6.07, 6.45) is 0.926. The summed E-state index contributed by atoms with van der Waals surface area (Å²) in [6, 6.07) is 25.3. The number of methoxy groups -OCH3 is 2. The highest BCUT2D eigenvalue weighted by atomic mass is 16.5. The number of hydrogen-bond acceptors (Lipinski definition) is 2. The summed E-state index contributed by atoms with van der Waals surface area (Å²) in [5.74, 6) is 1.77. The van der Waals surface area contributed by atoms with Crippen LogP contribution in [0.3, 0.4) is 0 Å². The highest BCUT2D eigenvalue weighted by Crippen LogP contribution is 2.43. The van der Waals surface area contributed by atoms with Gasteiger partial charge >= 0.3 is 0 Å². The van der Waals surface area contributed by atoms with E-state index in [-0.39, 0.29) is 0 Å². The lowest BCUT2D eigenvalue weighted by Gasteiger charge is -2.11. The molecule has 0 unspecified atom stereocenters. The van der Waals surface area contributed by atoms with Crippen molar-refractivity contribution >= 4 is 11.1 Å². The lowest BCUT2D eigenvalue weighted by molar-refractivity contribution is 0.414. The van der Waals surface area contributed by atoms with Crippen LogP contribution in [0.2, 0.25) is 0 Å². The van der Waals surface area contributed by atoms with Gasteiger partial charge in [-0.25, -0.2) is 0 Å². The van der Waals surface area contributed by atoms with Gasteiger partial charge in [-0.3, -0.25) is 0 Å². The first-order valence-electron chi connectivity index (χ1n) is 8.40. The highest BCUT2D eigenvalue weighted by Gasteiger charge is 2.24. The number of fused-ring (bicyclic) bond motifs is 1. The molecule has 0 N–H and O–H groups in total. The van der Waals surface area contributed by atoms with Crippen molar-refractivity contribution in [1.29, 1.82) is 0 Å². The third-order valence-electron chi connectivity index (χ3n) is 4.76. The topological polar surface area (TPSA) is 18.5 Å². The Hall–Kier alpha value is -3.00. The second-order valence-corrected chi connectivity index (χ2v) is 6.15. The van der Waals surface area contributed by atoms with Crippen molar-refractivity contribution < 1.29 is 9.47 Å². The molecule has 0 atom stereocenters. The smallest absolute Gasteiger partial charge is 0.119 e. The zero-order valence-corrected chi connectivity index (χ0v) is 14.5. The summed E-state index contributed by atoms with van der Waals surface area (Å²) in [5, 5.41) is 0. The van der Waals surface area contributed by atoms with Gasteiger partial charge in [-0.2, -0.15) is 0 Å². The first-order valence-corrected chi connectivity index (χ1v) is 8.40. The molecular formula is C23H20O2. The van der Waals surface area contributed by atoms with Gasteiger partial charge in [0.2, 0.25) is 0 Å². The summed E-state index contributed by atoms with van der Waals surface area (Å²) >= 11 is 0. The van der Waals surface area contributed by atoms with Crippen LogP contribution < -0.4 is 9.47 Å². The van der Waals surface area contributed by atoms with E-state index in [0.29, 0.717) is 0 Å². The fraction of sp³-hybridized carbons (Fsp3) is 0.130. The first-order chi connectivity index (χ1) is 12.3. The van der Waals surface area contributed by atoms with E-state index >= 15 is 0 Å². The summed E-state index contributed by atoms with van der Waals surface area (Å²) < 4.78 is 10.8. The molecule has 3 aromatic rings. The number of hydrogen-bond donors (Lipinski definition) is 0. The molecule has 3 aromatic carbocycles. The maximum absolute atomic E-state index is 5.46. The SMILES string of the molecule is COc1ccc(C2=C(c3ccccc3)c3cc(OC)ccc3C2)cc1. The van der Waals surface area contributed by atoms with E-state index in [1.165, 1.54) is 33.4 Å². The van der Waals surface area contributed by atoms with E-state index in [2.05, 4.69) is 54.6 Å². The molecule has 0 heterocycles. The number of ether oxygens (including phenoxy) is 2. The number of allylic oxidation sites excluding steroid dienone is 1. The van der Waals surface area contributed by atoms with Crippen LogP contribution in [0, 0.1) is 0 Å². The minimum Gasteiger partial charge on any atom is -0.497 e. The normalized spacial score (nSPS) is 12.9. The Morgan fingerprint density at radius 2 is 1.36 bits per heavy atom. The Balaban J connectivity index is 1.91. The summed E-state index contributed by atoms with van der Waals surface area (Å²) in [4.78, 5) is 0. The molecule has 4 rings (SSSR count). The molecule has 2 heteroatoms. The third-order valence-corrected chi connectivity index (χ3v) is 4.76. The number of rotatable bonds is 4. The van der Waals surface area contributed by atoms with Crippen LogP contribution in [0.15, 0.2) is 72.8 Å². The van der Waals surface area contributed by atoms with Crippen molar-refractivity contribution in [2.75, 3.05) is 14.2 Å². The van der Waals surface area contributed by atoms with Gasteiger partial charge in [0.1, 0.15) is 11.5 Å². The average molecular weight is 328 g/mol. The molecule has 0 spiro atoms. The zero-order chi connectivity index (χ0) is 17.2. The van der Waals surface area contributed by atoms with E-state index in [9.17, 15) is 0 Å². The van der Waals surface area contributed by atoms with E-state index in [1.807, 2.05) is 18.2 Å². The second-order valence-electron chi connectivity index (χ2n) is 6.15. The highest BCUT2D eigenvalue weighted by molar-refractivity contribution is 6.03. The molecule has 0 amide bonds. The second kappa shape index (κ2) is 6.48. The van der Waals surface area contributed by atoms with Gasteiger partial charge in [0.25, 0.3) is 0 Å². The van der Waals surface area contributed by atoms with Gasteiger partial charge < -0.3 is 9.47 Å². The third kappa shape index (κ3) is 2.80. The molecule has 0 radical (unpaired) electrons. The van der Waals surface area contributed by atoms with Crippen LogP contribution in [0.5, 0.6) is 11.5 Å². The van der Waals surface area contributed by atoms with Crippen LogP contribution in [0.25, 0.3) is 11.1 Å². The lowest BCUT2D eigenvalue weighted by atomic mass is 9.94. The van der Waals surface area contributed by atoms with E-state index in [4.69, 9.17) is 9.47 Å². The summed E-state index contributed by atoms with van der Waals surface area (Å²) in [5.41, 5.74) is 7.70. The van der Waals surface area contributed by atoms with Gasteiger partial charge in [-0.1, -0.05) is 48.5 Å². The standard InChI is InChI=1S/C23H20O2/c1-24-19-11-8-16(9-12-19)21-14-18-10-13-20(25-2)15-22(18)23(21)17-6-4-3-5-7-17/h3-13,15H,14H2,1-2H3. The maximum Gasteiger partial charge on any atom is 0.119 e. The molecule has 0 aromatic heterocycles. The monoisotopic (exact) mass is 328 g/mol. The van der Waals surface area contributed by atoms with Crippen molar-refractivity contribution in [3.63, 3.8) is 0 Å². The maximum atomic E-state index is 5.46. The molecule has 2 nitrogen and oxygen atoms in total. The predicted molar refractivity (Wildman–Crippen MR) is 102 cm³/mol. The Kier molecular flexibility index (Phi) is 4.02. The Morgan fingerprint density at radius 1 is 0.680 bits per heavy atom. The molecular weight excluding hydrogens is 308 g/mol. The molecule has 0 aliphatic heterocycles. The van der Waals surface area contributed by atoms with Crippen LogP contribution in [0.4, 0.5) is 0 Å². The van der Waals surface area contributed by atoms with Crippen molar-refractivity contribution in [3.05, 3.63) is 95.1 Å². The van der Waals surface area contributed by atoms with Crippen molar-refractivity contribution in [2.45, 2.75) is 6.42 Å². The molecule has 0 saturated heterocycles. The van der Waals surface area contributed by atoms with Gasteiger partial charge in [0.15, 0.2) is 0 Å². The zero-order valence-electron chi connectivity index (χ0n) is 14.5. The fourth-order valence-electron chi connectivity index (χ4n) is 3.48. The van der Waals surface area contributed by atoms with E-state index < -0.39 is 0 Å². The van der Waals surface area contributed by atoms with Crippen molar-refractivity contribution in [3.8, 4) is 11.5 Å². The minimum absolute atomic E-state index is 0.878. The fourth-order valence-corrected chi connectivity index (χ4v) is 3.48. The van der Waals surface area contributed by atoms with Crippen molar-refractivity contribution in [1.82, 2.24) is 0 Å². The van der Waals surface area contributed by atoms with Gasteiger partial charge in [-0.05, 0) is 64.1 Å². The molecule has 1 aliphatic carbocycles. The number of benzene rings is 3. The van der Waals surface area contributed by atoms with Gasteiger partial charge in [-0.15, -0.1) is 0 Å².